The number of hydrogen-bond donors (Lipinski definition) is 2. The Balaban J connectivity index is 2.00. The van der Waals surface area contributed by atoms with E-state index < -0.39 is 11.5 Å². The topological polar surface area (TPSA) is 88.5 Å². The molecule has 0 aliphatic heterocycles. The van der Waals surface area contributed by atoms with Crippen molar-refractivity contribution in [2.75, 3.05) is 6.61 Å². The molecule has 2 N–H and O–H groups in total. The monoisotopic (exact) mass is 350 g/mol. The van der Waals surface area contributed by atoms with Crippen molar-refractivity contribution < 1.29 is 19.4 Å². The van der Waals surface area contributed by atoms with Crippen molar-refractivity contribution in [1.82, 2.24) is 10.3 Å². The highest BCUT2D eigenvalue weighted by atomic mass is 35.5. The summed E-state index contributed by atoms with van der Waals surface area (Å²) in [5.74, 6) is -0.759. The fraction of sp³-hybridized carbons (Fsp3) is 0.353. The van der Waals surface area contributed by atoms with Gasteiger partial charge in [-0.2, -0.15) is 0 Å². The molecule has 2 rings (SSSR count). The van der Waals surface area contributed by atoms with Crippen LogP contribution in [0.4, 0.5) is 0 Å². The number of amides is 1. The lowest BCUT2D eigenvalue weighted by molar-refractivity contribution is -0.138. The number of carbonyl (C=O) groups excluding carboxylic acids is 1. The summed E-state index contributed by atoms with van der Waals surface area (Å²) in [7, 11) is 0. The SMILES string of the molecule is CC(C)(CCC(=O)O)NC(=O)COc1ccc(Cl)c2cccnc12. The number of rotatable bonds is 7. The van der Waals surface area contributed by atoms with Crippen LogP contribution in [-0.4, -0.2) is 34.1 Å². The molecule has 0 saturated heterocycles. The Morgan fingerprint density at radius 3 is 2.79 bits per heavy atom. The van der Waals surface area contributed by atoms with Crippen LogP contribution in [0.15, 0.2) is 30.5 Å². The maximum absolute atomic E-state index is 12.0. The number of carboxylic acid groups (broad SMARTS) is 1. The van der Waals surface area contributed by atoms with Crippen LogP contribution in [0.25, 0.3) is 10.9 Å². The number of halogens is 1. The van der Waals surface area contributed by atoms with Crippen molar-refractivity contribution in [2.45, 2.75) is 32.2 Å². The minimum absolute atomic E-state index is 0.0140. The molecule has 0 fully saturated rings. The first-order valence-electron chi connectivity index (χ1n) is 7.47. The summed E-state index contributed by atoms with van der Waals surface area (Å²) in [6, 6.07) is 6.96. The largest absolute Gasteiger partial charge is 0.481 e. The van der Waals surface area contributed by atoms with Gasteiger partial charge in [0.15, 0.2) is 6.61 Å². The van der Waals surface area contributed by atoms with E-state index in [1.54, 1.807) is 38.2 Å². The van der Waals surface area contributed by atoms with Crippen LogP contribution < -0.4 is 10.1 Å². The number of ether oxygens (including phenoxy) is 1. The van der Waals surface area contributed by atoms with Crippen molar-refractivity contribution in [3.8, 4) is 5.75 Å². The minimum Gasteiger partial charge on any atom is -0.481 e. The van der Waals surface area contributed by atoms with Gasteiger partial charge in [-0.1, -0.05) is 11.6 Å². The first-order valence-corrected chi connectivity index (χ1v) is 7.85. The Morgan fingerprint density at radius 2 is 2.08 bits per heavy atom. The maximum atomic E-state index is 12.0. The van der Waals surface area contributed by atoms with Gasteiger partial charge in [0.1, 0.15) is 11.3 Å². The van der Waals surface area contributed by atoms with E-state index in [1.165, 1.54) is 0 Å². The summed E-state index contributed by atoms with van der Waals surface area (Å²) in [6.07, 6.45) is 1.94. The average molecular weight is 351 g/mol. The van der Waals surface area contributed by atoms with E-state index in [4.69, 9.17) is 21.4 Å². The Kier molecular flexibility index (Phi) is 5.62. The van der Waals surface area contributed by atoms with E-state index in [0.29, 0.717) is 22.7 Å². The van der Waals surface area contributed by atoms with Gasteiger partial charge < -0.3 is 15.2 Å². The van der Waals surface area contributed by atoms with E-state index in [2.05, 4.69) is 10.3 Å². The van der Waals surface area contributed by atoms with Crippen LogP contribution >= 0.6 is 11.6 Å². The second kappa shape index (κ2) is 7.49. The predicted molar refractivity (Wildman–Crippen MR) is 91.3 cm³/mol. The Labute approximate surface area is 144 Å². The molecule has 0 bridgehead atoms. The summed E-state index contributed by atoms with van der Waals surface area (Å²) >= 11 is 6.12. The predicted octanol–water partition coefficient (Wildman–Crippen LogP) is 3.03. The van der Waals surface area contributed by atoms with Crippen LogP contribution in [0.3, 0.4) is 0 Å². The second-order valence-electron chi connectivity index (χ2n) is 6.06. The Bertz CT molecular complexity index is 761. The van der Waals surface area contributed by atoms with E-state index in [0.717, 1.165) is 5.39 Å². The summed E-state index contributed by atoms with van der Waals surface area (Å²) in [5.41, 5.74) is -0.0398. The van der Waals surface area contributed by atoms with Gasteiger partial charge in [0.25, 0.3) is 5.91 Å². The lowest BCUT2D eigenvalue weighted by atomic mass is 9.98. The quantitative estimate of drug-likeness (QED) is 0.801. The molecule has 0 saturated carbocycles. The van der Waals surface area contributed by atoms with Gasteiger partial charge in [0, 0.05) is 23.5 Å². The zero-order valence-electron chi connectivity index (χ0n) is 13.5. The Morgan fingerprint density at radius 1 is 1.33 bits per heavy atom. The van der Waals surface area contributed by atoms with Gasteiger partial charge in [-0.15, -0.1) is 0 Å². The fourth-order valence-corrected chi connectivity index (χ4v) is 2.48. The minimum atomic E-state index is -0.896. The summed E-state index contributed by atoms with van der Waals surface area (Å²) in [4.78, 5) is 26.9. The molecule has 1 aromatic carbocycles. The van der Waals surface area contributed by atoms with Crippen LogP contribution in [0.5, 0.6) is 5.75 Å². The third kappa shape index (κ3) is 4.83. The molecular formula is C17H19ClN2O4. The third-order valence-corrected chi connectivity index (χ3v) is 3.81. The van der Waals surface area contributed by atoms with E-state index in [-0.39, 0.29) is 18.9 Å². The third-order valence-electron chi connectivity index (χ3n) is 3.48. The fourth-order valence-electron chi connectivity index (χ4n) is 2.27. The first-order chi connectivity index (χ1) is 11.3. The highest BCUT2D eigenvalue weighted by Crippen LogP contribution is 2.29. The molecule has 128 valence electrons. The highest BCUT2D eigenvalue weighted by molar-refractivity contribution is 6.35. The van der Waals surface area contributed by atoms with Crippen LogP contribution in [0.1, 0.15) is 26.7 Å². The molecule has 0 aliphatic rings. The van der Waals surface area contributed by atoms with Crippen LogP contribution in [0.2, 0.25) is 5.02 Å². The Hall–Kier alpha value is -2.34. The lowest BCUT2D eigenvalue weighted by Crippen LogP contribution is -2.45. The number of hydrogen-bond acceptors (Lipinski definition) is 4. The van der Waals surface area contributed by atoms with Crippen molar-refractivity contribution >= 4 is 34.4 Å². The van der Waals surface area contributed by atoms with Gasteiger partial charge in [-0.05, 0) is 44.5 Å². The molecule has 6 nitrogen and oxygen atoms in total. The number of aromatic nitrogens is 1. The number of carbonyl (C=O) groups is 2. The average Bonchev–Trinajstić information content (AvgIpc) is 2.52. The first kappa shape index (κ1) is 18.0. The molecule has 1 amide bonds. The lowest BCUT2D eigenvalue weighted by Gasteiger charge is -2.25. The van der Waals surface area contributed by atoms with Gasteiger partial charge in [0.2, 0.25) is 0 Å². The van der Waals surface area contributed by atoms with E-state index in [1.807, 2.05) is 6.07 Å². The number of nitrogens with one attached hydrogen (secondary N) is 1. The second-order valence-corrected chi connectivity index (χ2v) is 6.47. The number of nitrogens with zero attached hydrogens (tertiary/aromatic N) is 1. The van der Waals surface area contributed by atoms with Crippen molar-refractivity contribution in [3.63, 3.8) is 0 Å². The van der Waals surface area contributed by atoms with E-state index in [9.17, 15) is 9.59 Å². The zero-order valence-corrected chi connectivity index (χ0v) is 14.3. The van der Waals surface area contributed by atoms with Crippen molar-refractivity contribution in [2.24, 2.45) is 0 Å². The van der Waals surface area contributed by atoms with Gasteiger partial charge in [-0.25, -0.2) is 0 Å². The smallest absolute Gasteiger partial charge is 0.303 e. The number of pyridine rings is 1. The van der Waals surface area contributed by atoms with Crippen LogP contribution in [-0.2, 0) is 9.59 Å². The molecular weight excluding hydrogens is 332 g/mol. The molecule has 0 radical (unpaired) electrons. The van der Waals surface area contributed by atoms with Crippen LogP contribution in [0, 0.1) is 0 Å². The van der Waals surface area contributed by atoms with Gasteiger partial charge >= 0.3 is 5.97 Å². The van der Waals surface area contributed by atoms with Gasteiger partial charge in [-0.3, -0.25) is 14.6 Å². The zero-order chi connectivity index (χ0) is 17.7. The molecule has 1 heterocycles. The van der Waals surface area contributed by atoms with E-state index >= 15 is 0 Å². The molecule has 7 heteroatoms. The highest BCUT2D eigenvalue weighted by Gasteiger charge is 2.22. The molecule has 0 unspecified atom stereocenters. The number of aliphatic carboxylic acids is 1. The molecule has 2 aromatic rings. The van der Waals surface area contributed by atoms with Gasteiger partial charge in [0.05, 0.1) is 5.02 Å². The normalized spacial score (nSPS) is 11.3. The molecule has 24 heavy (non-hydrogen) atoms. The standard InChI is InChI=1S/C17H19ClN2O4/c1-17(2,8-7-15(22)23)20-14(21)10-24-13-6-5-12(18)11-4-3-9-19-16(11)13/h3-6,9H,7-8,10H2,1-2H3,(H,20,21)(H,22,23). The molecule has 0 aliphatic carbocycles. The molecule has 1 aromatic heterocycles. The number of carboxylic acids is 1. The van der Waals surface area contributed by atoms with Crippen molar-refractivity contribution in [1.29, 1.82) is 0 Å². The van der Waals surface area contributed by atoms with Crippen molar-refractivity contribution in [3.05, 3.63) is 35.5 Å². The molecule has 0 atom stereocenters. The number of fused-ring (bicyclic) bond motifs is 1. The summed E-state index contributed by atoms with van der Waals surface area (Å²) < 4.78 is 5.56. The maximum Gasteiger partial charge on any atom is 0.303 e. The summed E-state index contributed by atoms with van der Waals surface area (Å²) in [6.45, 7) is 3.35. The summed E-state index contributed by atoms with van der Waals surface area (Å²) in [5, 5.41) is 12.8. The molecule has 0 spiro atoms. The number of benzene rings is 1.